The van der Waals surface area contributed by atoms with E-state index in [0.29, 0.717) is 29.4 Å². The van der Waals surface area contributed by atoms with Gasteiger partial charge in [0.05, 0.1) is 35.0 Å². The van der Waals surface area contributed by atoms with Crippen LogP contribution in [0.2, 0.25) is 0 Å². The van der Waals surface area contributed by atoms with Gasteiger partial charge in [-0.05, 0) is 36.2 Å². The minimum atomic E-state index is -4.53. The van der Waals surface area contributed by atoms with Crippen molar-refractivity contribution in [3.63, 3.8) is 0 Å². The minimum Gasteiger partial charge on any atom is -0.497 e. The molecule has 4 rings (SSSR count). The molecular weight excluding hydrogens is 441 g/mol. The van der Waals surface area contributed by atoms with Crippen molar-refractivity contribution in [2.24, 2.45) is 0 Å². The summed E-state index contributed by atoms with van der Waals surface area (Å²) in [5.74, 6) is 0.966. The van der Waals surface area contributed by atoms with E-state index in [1.165, 1.54) is 18.0 Å². The molecule has 0 saturated carbocycles. The molecule has 0 atom stereocenters. The lowest BCUT2D eigenvalue weighted by atomic mass is 10.1. The van der Waals surface area contributed by atoms with Crippen molar-refractivity contribution in [3.8, 4) is 5.75 Å². The van der Waals surface area contributed by atoms with Crippen LogP contribution in [0.15, 0.2) is 59.5 Å². The molecule has 166 valence electrons. The number of nitrogens with one attached hydrogen (secondary N) is 2. The second-order valence-corrected chi connectivity index (χ2v) is 8.13. The first kappa shape index (κ1) is 21.9. The number of benzene rings is 1. The molecule has 1 aromatic carbocycles. The molecule has 32 heavy (non-hydrogen) atoms. The van der Waals surface area contributed by atoms with Gasteiger partial charge in [-0.3, -0.25) is 14.8 Å². The van der Waals surface area contributed by atoms with Gasteiger partial charge in [0.15, 0.2) is 0 Å². The summed E-state index contributed by atoms with van der Waals surface area (Å²) in [5, 5.41) is 6.80. The maximum atomic E-state index is 12.9. The van der Waals surface area contributed by atoms with Crippen molar-refractivity contribution in [1.82, 2.24) is 15.3 Å². The van der Waals surface area contributed by atoms with Crippen LogP contribution in [-0.2, 0) is 17.5 Å². The third kappa shape index (κ3) is 4.80. The molecule has 3 aromatic rings. The monoisotopic (exact) mass is 460 g/mol. The molecule has 3 heterocycles. The number of anilines is 1. The second-order valence-electron chi connectivity index (χ2n) is 7.03. The number of allylic oxidation sites excluding steroid dienone is 1. The van der Waals surface area contributed by atoms with Gasteiger partial charge in [-0.1, -0.05) is 0 Å². The smallest absolute Gasteiger partial charge is 0.417 e. The summed E-state index contributed by atoms with van der Waals surface area (Å²) in [4.78, 5) is 21.1. The molecule has 0 aliphatic carbocycles. The van der Waals surface area contributed by atoms with Crippen molar-refractivity contribution in [3.05, 3.63) is 70.7 Å². The first-order valence-corrected chi connectivity index (χ1v) is 10.7. The van der Waals surface area contributed by atoms with Crippen LogP contribution in [0.3, 0.4) is 0 Å². The maximum Gasteiger partial charge on any atom is 0.417 e. The van der Waals surface area contributed by atoms with E-state index in [0.717, 1.165) is 34.4 Å². The summed E-state index contributed by atoms with van der Waals surface area (Å²) in [6, 6.07) is 8.42. The van der Waals surface area contributed by atoms with Gasteiger partial charge in [-0.2, -0.15) is 13.2 Å². The molecule has 0 fully saturated rings. The number of carbonyl (C=O) groups excluding carboxylic acids is 1. The van der Waals surface area contributed by atoms with E-state index in [9.17, 15) is 18.0 Å². The number of nitrogens with zero attached hydrogens (tertiary/aromatic N) is 2. The third-order valence-corrected chi connectivity index (χ3v) is 6.06. The summed E-state index contributed by atoms with van der Waals surface area (Å²) in [5.41, 5.74) is 1.64. The topological polar surface area (TPSA) is 76.1 Å². The molecule has 1 aliphatic rings. The van der Waals surface area contributed by atoms with Crippen LogP contribution in [0.1, 0.15) is 17.5 Å². The van der Waals surface area contributed by atoms with Gasteiger partial charge < -0.3 is 15.4 Å². The molecular formula is C22H19F3N4O2S. The largest absolute Gasteiger partial charge is 0.497 e. The Morgan fingerprint density at radius 3 is 2.84 bits per heavy atom. The van der Waals surface area contributed by atoms with E-state index in [-0.39, 0.29) is 5.69 Å². The van der Waals surface area contributed by atoms with Gasteiger partial charge >= 0.3 is 6.18 Å². The van der Waals surface area contributed by atoms with Crippen molar-refractivity contribution >= 4 is 34.3 Å². The molecule has 0 bridgehead atoms. The van der Waals surface area contributed by atoms with Gasteiger partial charge in [0.2, 0.25) is 0 Å². The number of aromatic nitrogens is 2. The highest BCUT2D eigenvalue weighted by Gasteiger charge is 2.31. The second kappa shape index (κ2) is 9.07. The summed E-state index contributed by atoms with van der Waals surface area (Å²) in [7, 11) is 1.60. The number of thioether (sulfide) groups is 1. The molecule has 0 unspecified atom stereocenters. The molecule has 2 N–H and O–H groups in total. The minimum absolute atomic E-state index is 0.00162. The van der Waals surface area contributed by atoms with Crippen LogP contribution in [0, 0.1) is 0 Å². The first-order chi connectivity index (χ1) is 15.3. The summed E-state index contributed by atoms with van der Waals surface area (Å²) in [6.45, 7) is 0.475. The highest BCUT2D eigenvalue weighted by molar-refractivity contribution is 8.04. The van der Waals surface area contributed by atoms with Crippen LogP contribution in [-0.4, -0.2) is 28.7 Å². The Bertz CT molecular complexity index is 1200. The van der Waals surface area contributed by atoms with Crippen molar-refractivity contribution in [2.45, 2.75) is 19.1 Å². The molecule has 0 saturated heterocycles. The van der Waals surface area contributed by atoms with Crippen LogP contribution < -0.4 is 15.4 Å². The molecule has 10 heteroatoms. The normalized spacial score (nSPS) is 14.0. The Balaban J connectivity index is 1.50. The summed E-state index contributed by atoms with van der Waals surface area (Å²) < 4.78 is 43.9. The molecule has 1 aliphatic heterocycles. The maximum absolute atomic E-state index is 12.9. The summed E-state index contributed by atoms with van der Waals surface area (Å²) >= 11 is 1.36. The van der Waals surface area contributed by atoms with Crippen LogP contribution in [0.5, 0.6) is 5.75 Å². The van der Waals surface area contributed by atoms with E-state index in [1.807, 2.05) is 24.3 Å². The van der Waals surface area contributed by atoms with Crippen LogP contribution in [0.25, 0.3) is 10.9 Å². The highest BCUT2D eigenvalue weighted by atomic mass is 32.2. The van der Waals surface area contributed by atoms with Crippen LogP contribution >= 0.6 is 11.8 Å². The quantitative estimate of drug-likeness (QED) is 0.554. The predicted octanol–water partition coefficient (Wildman–Crippen LogP) is 4.73. The van der Waals surface area contributed by atoms with E-state index in [2.05, 4.69) is 20.6 Å². The standard InChI is InChI=1S/C22H19F3N4O2S/c1-31-16-2-3-17-13(4-6-27-19(17)9-16)10-28-18-5-7-32-20(18)21(30)29-15-8-14(11-26-12-15)22(23,24)25/h2-4,6,8-9,11-12,28H,5,7,10H2,1H3,(H,29,30). The molecule has 6 nitrogen and oxygen atoms in total. The number of pyridine rings is 2. The molecule has 2 aromatic heterocycles. The summed E-state index contributed by atoms with van der Waals surface area (Å²) in [6.07, 6.45) is -0.242. The lowest BCUT2D eigenvalue weighted by Gasteiger charge is -2.13. The average molecular weight is 460 g/mol. The lowest BCUT2D eigenvalue weighted by Crippen LogP contribution is -2.19. The molecule has 0 radical (unpaired) electrons. The Kier molecular flexibility index (Phi) is 6.22. The number of rotatable bonds is 6. The number of alkyl halides is 3. The predicted molar refractivity (Wildman–Crippen MR) is 117 cm³/mol. The van der Waals surface area contributed by atoms with Gasteiger partial charge in [-0.15, -0.1) is 11.8 Å². The van der Waals surface area contributed by atoms with E-state index >= 15 is 0 Å². The zero-order valence-corrected chi connectivity index (χ0v) is 17.8. The highest BCUT2D eigenvalue weighted by Crippen LogP contribution is 2.33. The van der Waals surface area contributed by atoms with Crippen LogP contribution in [0.4, 0.5) is 18.9 Å². The Hall–Kier alpha value is -3.27. The van der Waals surface area contributed by atoms with Gasteiger partial charge in [0.25, 0.3) is 5.91 Å². The number of ether oxygens (including phenoxy) is 1. The number of methoxy groups -OCH3 is 1. The number of fused-ring (bicyclic) bond motifs is 1. The van der Waals surface area contributed by atoms with Crippen molar-refractivity contribution < 1.29 is 22.7 Å². The third-order valence-electron chi connectivity index (χ3n) is 4.93. The fourth-order valence-corrected chi connectivity index (χ4v) is 4.39. The number of halogens is 3. The zero-order valence-electron chi connectivity index (χ0n) is 17.0. The van der Waals surface area contributed by atoms with Gasteiger partial charge in [0, 0.05) is 41.8 Å². The Morgan fingerprint density at radius 1 is 1.22 bits per heavy atom. The molecule has 0 spiro atoms. The van der Waals surface area contributed by atoms with E-state index in [1.54, 1.807) is 13.3 Å². The number of carbonyl (C=O) groups is 1. The lowest BCUT2D eigenvalue weighted by molar-refractivity contribution is -0.137. The van der Waals surface area contributed by atoms with E-state index in [4.69, 9.17) is 4.74 Å². The SMILES string of the molecule is COc1ccc2c(CNC3=C(C(=O)Nc4cncc(C(F)(F)F)c4)SCC3)ccnc2c1. The Morgan fingerprint density at radius 2 is 2.06 bits per heavy atom. The molecule has 1 amide bonds. The zero-order chi connectivity index (χ0) is 22.7. The van der Waals surface area contributed by atoms with Gasteiger partial charge in [-0.25, -0.2) is 0 Å². The number of amides is 1. The first-order valence-electron chi connectivity index (χ1n) is 9.70. The fourth-order valence-electron chi connectivity index (χ4n) is 3.35. The van der Waals surface area contributed by atoms with Crippen molar-refractivity contribution in [2.75, 3.05) is 18.2 Å². The van der Waals surface area contributed by atoms with Gasteiger partial charge in [0.1, 0.15) is 5.75 Å². The Labute approximate surface area is 186 Å². The average Bonchev–Trinajstić information content (AvgIpc) is 3.25. The van der Waals surface area contributed by atoms with Crippen molar-refractivity contribution in [1.29, 1.82) is 0 Å². The number of hydrogen-bond donors (Lipinski definition) is 2. The van der Waals surface area contributed by atoms with E-state index < -0.39 is 17.6 Å². The number of hydrogen-bond acceptors (Lipinski definition) is 6. The fraction of sp³-hybridized carbons (Fsp3) is 0.227.